The van der Waals surface area contributed by atoms with Gasteiger partial charge >= 0.3 is 5.97 Å². The maximum atomic E-state index is 13.4. The molecule has 4 rings (SSSR count). The first-order valence-electron chi connectivity index (χ1n) is 10.6. The first kappa shape index (κ1) is 23.4. The summed E-state index contributed by atoms with van der Waals surface area (Å²) in [5.74, 6) is -0.367. The van der Waals surface area contributed by atoms with E-state index in [2.05, 4.69) is 0 Å². The van der Waals surface area contributed by atoms with Crippen molar-refractivity contribution in [2.75, 3.05) is 7.11 Å². The molecule has 4 aromatic rings. The number of rotatable bonds is 6. The van der Waals surface area contributed by atoms with Crippen molar-refractivity contribution in [2.45, 2.75) is 13.8 Å². The Kier molecular flexibility index (Phi) is 6.46. The third-order valence-electron chi connectivity index (χ3n) is 5.51. The Morgan fingerprint density at radius 1 is 1.03 bits per heavy atom. The topological polar surface area (TPSA) is 109 Å². The molecule has 0 saturated carbocycles. The number of carbonyl (C=O) groups is 1. The zero-order valence-electron chi connectivity index (χ0n) is 19.2. The number of carbonyl (C=O) groups excluding carboxylic acids is 1. The van der Waals surface area contributed by atoms with Crippen molar-refractivity contribution in [3.8, 4) is 22.8 Å². The number of esters is 1. The molecular formula is C27H21NO7. The van der Waals surface area contributed by atoms with Crippen molar-refractivity contribution in [1.29, 1.82) is 0 Å². The number of non-ortho nitro benzene ring substituents is 1. The third kappa shape index (κ3) is 4.96. The lowest BCUT2D eigenvalue weighted by molar-refractivity contribution is -0.384. The van der Waals surface area contributed by atoms with E-state index in [0.717, 1.165) is 17.2 Å². The Balaban J connectivity index is 1.77. The number of ether oxygens (including phenoxy) is 2. The summed E-state index contributed by atoms with van der Waals surface area (Å²) in [5, 5.41) is 11.3. The normalized spacial score (nSPS) is 11.1. The van der Waals surface area contributed by atoms with Gasteiger partial charge in [0.1, 0.15) is 11.3 Å². The molecular weight excluding hydrogens is 450 g/mol. The van der Waals surface area contributed by atoms with E-state index in [1.54, 1.807) is 42.5 Å². The Morgan fingerprint density at radius 2 is 1.74 bits per heavy atom. The number of benzene rings is 3. The van der Waals surface area contributed by atoms with Crippen LogP contribution in [0.3, 0.4) is 0 Å². The van der Waals surface area contributed by atoms with Crippen LogP contribution in [0.5, 0.6) is 11.5 Å². The molecule has 0 saturated heterocycles. The summed E-state index contributed by atoms with van der Waals surface area (Å²) in [4.78, 5) is 36.5. The summed E-state index contributed by atoms with van der Waals surface area (Å²) < 4.78 is 16.7. The van der Waals surface area contributed by atoms with Gasteiger partial charge < -0.3 is 13.9 Å². The number of nitrogens with zero attached hydrogens (tertiary/aromatic N) is 1. The van der Waals surface area contributed by atoms with Gasteiger partial charge in [0, 0.05) is 23.8 Å². The second-order valence-corrected chi connectivity index (χ2v) is 7.86. The van der Waals surface area contributed by atoms with E-state index in [-0.39, 0.29) is 22.6 Å². The highest BCUT2D eigenvalue weighted by Gasteiger charge is 2.20. The number of nitro benzene ring substituents is 1. The van der Waals surface area contributed by atoms with Crippen molar-refractivity contribution in [2.24, 2.45) is 0 Å². The molecule has 0 amide bonds. The predicted molar refractivity (Wildman–Crippen MR) is 132 cm³/mol. The number of hydrogen-bond donors (Lipinski definition) is 0. The molecule has 0 radical (unpaired) electrons. The fourth-order valence-electron chi connectivity index (χ4n) is 3.50. The second kappa shape index (κ2) is 9.64. The molecule has 0 spiro atoms. The van der Waals surface area contributed by atoms with Crippen molar-refractivity contribution >= 4 is 28.7 Å². The zero-order chi connectivity index (χ0) is 25.1. The van der Waals surface area contributed by atoms with E-state index in [0.29, 0.717) is 22.5 Å². The van der Waals surface area contributed by atoms with Gasteiger partial charge in [0.2, 0.25) is 11.2 Å². The summed E-state index contributed by atoms with van der Waals surface area (Å²) in [7, 11) is 1.54. The van der Waals surface area contributed by atoms with E-state index in [1.165, 1.54) is 31.4 Å². The second-order valence-electron chi connectivity index (χ2n) is 7.86. The van der Waals surface area contributed by atoms with Crippen LogP contribution in [0.4, 0.5) is 5.69 Å². The Bertz CT molecular complexity index is 1530. The lowest BCUT2D eigenvalue weighted by atomic mass is 10.0. The van der Waals surface area contributed by atoms with Gasteiger partial charge in [0.15, 0.2) is 5.76 Å². The third-order valence-corrected chi connectivity index (χ3v) is 5.51. The molecule has 0 atom stereocenters. The van der Waals surface area contributed by atoms with Crippen LogP contribution in [0.15, 0.2) is 76.0 Å². The summed E-state index contributed by atoms with van der Waals surface area (Å²) >= 11 is 0. The average molecular weight is 471 g/mol. The smallest absolute Gasteiger partial charge is 0.336 e. The maximum absolute atomic E-state index is 13.4. The molecule has 0 aliphatic carbocycles. The van der Waals surface area contributed by atoms with Gasteiger partial charge in [-0.3, -0.25) is 14.9 Å². The predicted octanol–water partition coefficient (Wildman–Crippen LogP) is 5.61. The Hall–Kier alpha value is -4.72. The van der Waals surface area contributed by atoms with Crippen LogP contribution in [0.1, 0.15) is 16.7 Å². The quantitative estimate of drug-likeness (QED) is 0.156. The standard InChI is InChI=1S/C27H21NO7/c1-16-13-22-23(14-17(16)2)34-26(19-8-10-21(33-3)11-9-19)27(25(22)30)35-24(29)12-7-18-5-4-6-20(15-18)28(31)32/h4-15H,1-3H3/b12-7+. The number of aryl methyl sites for hydroxylation is 2. The van der Waals surface area contributed by atoms with Crippen LogP contribution in [-0.4, -0.2) is 18.0 Å². The number of hydrogen-bond acceptors (Lipinski definition) is 7. The summed E-state index contributed by atoms with van der Waals surface area (Å²) in [6.45, 7) is 3.79. The van der Waals surface area contributed by atoms with Crippen LogP contribution >= 0.6 is 0 Å². The lowest BCUT2D eigenvalue weighted by Crippen LogP contribution is -2.14. The summed E-state index contributed by atoms with van der Waals surface area (Å²) in [6, 6.07) is 16.0. The zero-order valence-corrected chi connectivity index (χ0v) is 19.2. The lowest BCUT2D eigenvalue weighted by Gasteiger charge is -2.11. The number of nitro groups is 1. The molecule has 0 aliphatic heterocycles. The van der Waals surface area contributed by atoms with Crippen molar-refractivity contribution < 1.29 is 23.6 Å². The molecule has 0 unspecified atom stereocenters. The molecule has 0 bridgehead atoms. The Labute approximate surface area is 200 Å². The van der Waals surface area contributed by atoms with Crippen molar-refractivity contribution in [1.82, 2.24) is 0 Å². The van der Waals surface area contributed by atoms with E-state index in [9.17, 15) is 19.7 Å². The van der Waals surface area contributed by atoms with Gasteiger partial charge in [-0.25, -0.2) is 4.79 Å². The minimum atomic E-state index is -0.832. The largest absolute Gasteiger partial charge is 0.497 e. The van der Waals surface area contributed by atoms with Gasteiger partial charge in [-0.05, 0) is 73.0 Å². The highest BCUT2D eigenvalue weighted by atomic mass is 16.6. The van der Waals surface area contributed by atoms with E-state index >= 15 is 0 Å². The molecule has 0 N–H and O–H groups in total. The highest BCUT2D eigenvalue weighted by molar-refractivity contribution is 5.91. The van der Waals surface area contributed by atoms with E-state index < -0.39 is 16.3 Å². The molecule has 0 fully saturated rings. The van der Waals surface area contributed by atoms with Gasteiger partial charge in [0.05, 0.1) is 17.4 Å². The van der Waals surface area contributed by atoms with Crippen LogP contribution in [0.25, 0.3) is 28.4 Å². The molecule has 1 aromatic heterocycles. The van der Waals surface area contributed by atoms with Crippen LogP contribution in [0.2, 0.25) is 0 Å². The highest BCUT2D eigenvalue weighted by Crippen LogP contribution is 2.33. The number of methoxy groups -OCH3 is 1. The molecule has 0 aliphatic rings. The van der Waals surface area contributed by atoms with Crippen LogP contribution in [0, 0.1) is 24.0 Å². The minimum Gasteiger partial charge on any atom is -0.497 e. The minimum absolute atomic E-state index is 0.102. The molecule has 35 heavy (non-hydrogen) atoms. The number of fused-ring (bicyclic) bond motifs is 1. The fraction of sp³-hybridized carbons (Fsp3) is 0.111. The van der Waals surface area contributed by atoms with Gasteiger partial charge in [-0.1, -0.05) is 12.1 Å². The van der Waals surface area contributed by atoms with Gasteiger partial charge in [-0.2, -0.15) is 0 Å². The van der Waals surface area contributed by atoms with Crippen molar-refractivity contribution in [3.05, 3.63) is 104 Å². The first-order chi connectivity index (χ1) is 16.8. The van der Waals surface area contributed by atoms with Gasteiger partial charge in [-0.15, -0.1) is 0 Å². The van der Waals surface area contributed by atoms with Crippen molar-refractivity contribution in [3.63, 3.8) is 0 Å². The van der Waals surface area contributed by atoms with E-state index in [1.807, 2.05) is 13.8 Å². The molecule has 176 valence electrons. The molecule has 1 heterocycles. The average Bonchev–Trinajstić information content (AvgIpc) is 2.86. The monoisotopic (exact) mass is 471 g/mol. The summed E-state index contributed by atoms with van der Waals surface area (Å²) in [6.07, 6.45) is 2.47. The Morgan fingerprint density at radius 3 is 2.43 bits per heavy atom. The molecule has 8 nitrogen and oxygen atoms in total. The summed E-state index contributed by atoms with van der Waals surface area (Å²) in [5.41, 5.74) is 2.57. The van der Waals surface area contributed by atoms with Crippen LogP contribution < -0.4 is 14.9 Å². The molecule has 3 aromatic carbocycles. The molecule has 8 heteroatoms. The van der Waals surface area contributed by atoms with E-state index in [4.69, 9.17) is 13.9 Å². The first-order valence-corrected chi connectivity index (χ1v) is 10.6. The SMILES string of the molecule is COc1ccc(-c2oc3cc(C)c(C)cc3c(=O)c2OC(=O)/C=C/c2cccc([N+](=O)[O-])c2)cc1. The maximum Gasteiger partial charge on any atom is 0.336 e. The van der Waals surface area contributed by atoms with Crippen LogP contribution in [-0.2, 0) is 4.79 Å². The fourth-order valence-corrected chi connectivity index (χ4v) is 3.50. The van der Waals surface area contributed by atoms with Gasteiger partial charge in [0.25, 0.3) is 5.69 Å².